The molecule has 1 heterocycles. The highest BCUT2D eigenvalue weighted by Crippen LogP contribution is 2.35. The molecule has 1 aromatic heterocycles. The van der Waals surface area contributed by atoms with Crippen LogP contribution in [0.3, 0.4) is 0 Å². The van der Waals surface area contributed by atoms with E-state index in [-0.39, 0.29) is 37.6 Å². The Morgan fingerprint density at radius 2 is 1.32 bits per heavy atom. The van der Waals surface area contributed by atoms with Crippen LogP contribution in [0.25, 0.3) is 0 Å². The van der Waals surface area contributed by atoms with Crippen LogP contribution in [0.15, 0.2) is 115 Å². The van der Waals surface area contributed by atoms with E-state index in [0.29, 0.717) is 11.6 Å². The van der Waals surface area contributed by atoms with Crippen LogP contribution in [0.1, 0.15) is 22.4 Å². The van der Waals surface area contributed by atoms with E-state index >= 15 is 0 Å². The lowest BCUT2D eigenvalue weighted by molar-refractivity contribution is -0.165. The summed E-state index contributed by atoms with van der Waals surface area (Å²) in [5.74, 6) is -2.06. The summed E-state index contributed by atoms with van der Waals surface area (Å²) in [6, 6.07) is 27.2. The first-order chi connectivity index (χ1) is 19.5. The lowest BCUT2D eigenvalue weighted by Gasteiger charge is -2.26. The molecule has 214 valence electrons. The Balaban J connectivity index is 1.72. The molecule has 4 rings (SSSR count). The van der Waals surface area contributed by atoms with Gasteiger partial charge in [0.2, 0.25) is 0 Å². The van der Waals surface area contributed by atoms with E-state index in [0.717, 1.165) is 21.8 Å². The Morgan fingerprint density at radius 3 is 1.85 bits per heavy atom. The number of rotatable bonds is 11. The molecule has 0 bridgehead atoms. The molecule has 3 aromatic carbocycles. The number of carbonyl (C=O) groups excluding carboxylic acids is 1. The third kappa shape index (κ3) is 8.51. The maximum atomic E-state index is 14.1. The Morgan fingerprint density at radius 1 is 0.780 bits per heavy atom. The Kier molecular flexibility index (Phi) is 9.21. The lowest BCUT2D eigenvalue weighted by Crippen LogP contribution is -2.32. The van der Waals surface area contributed by atoms with Gasteiger partial charge in [0.1, 0.15) is 5.69 Å². The van der Waals surface area contributed by atoms with E-state index in [2.05, 4.69) is 5.32 Å². The first-order valence-electron chi connectivity index (χ1n) is 12.7. The number of hydrogen-bond donors (Lipinski definition) is 1. The molecule has 10 heteroatoms. The van der Waals surface area contributed by atoms with Crippen LogP contribution in [-0.4, -0.2) is 23.1 Å². The highest BCUT2D eigenvalue weighted by molar-refractivity contribution is 5.95. The smallest absolute Gasteiger partial charge is 0.383 e. The number of nitrogens with one attached hydrogen (secondary N) is 1. The summed E-state index contributed by atoms with van der Waals surface area (Å²) < 4.78 is 83.0. The molecule has 0 unspecified atom stereocenters. The second-order valence-corrected chi connectivity index (χ2v) is 9.41. The molecule has 1 N–H and O–H groups in total. The van der Waals surface area contributed by atoms with Gasteiger partial charge in [-0.1, -0.05) is 91.0 Å². The fourth-order valence-electron chi connectivity index (χ4n) is 4.27. The number of hydrogen-bond acceptors (Lipinski definition) is 3. The molecule has 4 nitrogen and oxygen atoms in total. The summed E-state index contributed by atoms with van der Waals surface area (Å²) in [5.41, 5.74) is 1.28. The zero-order valence-electron chi connectivity index (χ0n) is 21.8. The maximum absolute atomic E-state index is 14.1. The molecule has 0 amide bonds. The van der Waals surface area contributed by atoms with E-state index < -0.39 is 23.8 Å². The van der Waals surface area contributed by atoms with Crippen LogP contribution < -0.4 is 10.2 Å². The number of carbonyl (C=O) groups is 1. The standard InChI is InChI=1S/C31H27F6N3O/c32-30(33,34)28-17-27(22-40(28)20-25-14-8-3-9-15-25)39(19-24-12-6-2-7-13-24)21-26(16-29(41)31(35,36)37)38-18-23-10-4-1-5-11-23/h1-17,22,38H,18-21H2/b26-16-. The van der Waals surface area contributed by atoms with Crippen LogP contribution in [0.2, 0.25) is 0 Å². The fraction of sp³-hybridized carbons (Fsp3) is 0.194. The number of alkyl halides is 6. The van der Waals surface area contributed by atoms with E-state index in [1.54, 1.807) is 91.0 Å². The maximum Gasteiger partial charge on any atom is 0.454 e. The molecule has 4 aromatic rings. The number of aromatic nitrogens is 1. The van der Waals surface area contributed by atoms with Crippen LogP contribution in [0, 0.1) is 0 Å². The third-order valence-electron chi connectivity index (χ3n) is 6.26. The largest absolute Gasteiger partial charge is 0.454 e. The van der Waals surface area contributed by atoms with Gasteiger partial charge in [0.25, 0.3) is 5.78 Å². The average molecular weight is 572 g/mol. The monoisotopic (exact) mass is 571 g/mol. The van der Waals surface area contributed by atoms with Crippen molar-refractivity contribution in [2.24, 2.45) is 0 Å². The SMILES string of the molecule is O=C(/C=C(/CN(Cc1ccccc1)c1cc(C(F)(F)F)n(Cc2ccccc2)c1)NCc1ccccc1)C(F)(F)F. The number of benzene rings is 3. The molecule has 0 aliphatic carbocycles. The summed E-state index contributed by atoms with van der Waals surface area (Å²) >= 11 is 0. The average Bonchev–Trinajstić information content (AvgIpc) is 3.37. The molecule has 41 heavy (non-hydrogen) atoms. The molecule has 0 radical (unpaired) electrons. The van der Waals surface area contributed by atoms with E-state index in [4.69, 9.17) is 0 Å². The van der Waals surface area contributed by atoms with Gasteiger partial charge in [0.05, 0.1) is 12.2 Å². The number of ketones is 1. The van der Waals surface area contributed by atoms with Crippen molar-refractivity contribution in [2.45, 2.75) is 32.0 Å². The molecule has 0 atom stereocenters. The van der Waals surface area contributed by atoms with Crippen LogP contribution in [0.5, 0.6) is 0 Å². The van der Waals surface area contributed by atoms with Crippen molar-refractivity contribution >= 4 is 11.5 Å². The van der Waals surface area contributed by atoms with Gasteiger partial charge in [-0.15, -0.1) is 0 Å². The van der Waals surface area contributed by atoms with Crippen LogP contribution in [-0.2, 0) is 30.6 Å². The highest BCUT2D eigenvalue weighted by atomic mass is 19.4. The number of halogens is 6. The predicted octanol–water partition coefficient (Wildman–Crippen LogP) is 7.37. The minimum atomic E-state index is -5.10. The number of anilines is 1. The lowest BCUT2D eigenvalue weighted by atomic mass is 10.1. The highest BCUT2D eigenvalue weighted by Gasteiger charge is 2.37. The van der Waals surface area contributed by atoms with Gasteiger partial charge in [-0.3, -0.25) is 4.79 Å². The second-order valence-electron chi connectivity index (χ2n) is 9.41. The number of nitrogens with zero attached hydrogens (tertiary/aromatic N) is 2. The van der Waals surface area contributed by atoms with Gasteiger partial charge in [-0.2, -0.15) is 26.3 Å². The molecule has 0 saturated heterocycles. The molecular formula is C31H27F6N3O. The molecule has 0 aliphatic rings. The van der Waals surface area contributed by atoms with E-state index in [1.807, 2.05) is 0 Å². The summed E-state index contributed by atoms with van der Waals surface area (Å²) in [5, 5.41) is 2.89. The zero-order chi connectivity index (χ0) is 29.5. The Hall–Kier alpha value is -4.47. The van der Waals surface area contributed by atoms with Crippen molar-refractivity contribution < 1.29 is 31.1 Å². The van der Waals surface area contributed by atoms with Gasteiger partial charge in [0, 0.05) is 37.6 Å². The Labute approximate surface area is 233 Å². The van der Waals surface area contributed by atoms with Crippen molar-refractivity contribution in [2.75, 3.05) is 11.4 Å². The fourth-order valence-corrected chi connectivity index (χ4v) is 4.27. The molecule has 0 saturated carbocycles. The topological polar surface area (TPSA) is 37.3 Å². The van der Waals surface area contributed by atoms with Crippen LogP contribution in [0.4, 0.5) is 32.0 Å². The summed E-state index contributed by atoms with van der Waals surface area (Å²) in [4.78, 5) is 13.5. The summed E-state index contributed by atoms with van der Waals surface area (Å²) in [7, 11) is 0. The third-order valence-corrected chi connectivity index (χ3v) is 6.26. The minimum Gasteiger partial charge on any atom is -0.383 e. The molecular weight excluding hydrogens is 544 g/mol. The van der Waals surface area contributed by atoms with Gasteiger partial charge in [-0.05, 0) is 22.8 Å². The first-order valence-corrected chi connectivity index (χ1v) is 12.7. The normalized spacial score (nSPS) is 12.3. The van der Waals surface area contributed by atoms with Crippen molar-refractivity contribution in [1.82, 2.24) is 9.88 Å². The quantitative estimate of drug-likeness (QED) is 0.151. The first kappa shape index (κ1) is 29.5. The van der Waals surface area contributed by atoms with Gasteiger partial charge >= 0.3 is 12.4 Å². The van der Waals surface area contributed by atoms with E-state index in [1.165, 1.54) is 11.1 Å². The van der Waals surface area contributed by atoms with Crippen molar-refractivity contribution in [3.63, 3.8) is 0 Å². The zero-order valence-corrected chi connectivity index (χ0v) is 21.8. The minimum absolute atomic E-state index is 0.0592. The van der Waals surface area contributed by atoms with Gasteiger partial charge < -0.3 is 14.8 Å². The molecule has 0 fully saturated rings. The van der Waals surface area contributed by atoms with Gasteiger partial charge in [-0.25, -0.2) is 0 Å². The molecule has 0 spiro atoms. The van der Waals surface area contributed by atoms with Gasteiger partial charge in [0.15, 0.2) is 0 Å². The Bertz CT molecular complexity index is 1450. The van der Waals surface area contributed by atoms with Crippen molar-refractivity contribution in [3.05, 3.63) is 137 Å². The van der Waals surface area contributed by atoms with E-state index in [9.17, 15) is 31.1 Å². The summed E-state index contributed by atoms with van der Waals surface area (Å²) in [6.45, 7) is -0.148. The van der Waals surface area contributed by atoms with Crippen LogP contribution >= 0.6 is 0 Å². The summed E-state index contributed by atoms with van der Waals surface area (Å²) in [6.07, 6.45) is -7.99. The predicted molar refractivity (Wildman–Crippen MR) is 145 cm³/mol. The molecule has 0 aliphatic heterocycles. The second kappa shape index (κ2) is 12.8. The van der Waals surface area contributed by atoms with Crippen molar-refractivity contribution in [1.29, 1.82) is 0 Å². The van der Waals surface area contributed by atoms with Crippen molar-refractivity contribution in [3.8, 4) is 0 Å². The number of allylic oxidation sites excluding steroid dienone is 1.